The molecule has 1 aromatic rings. The van der Waals surface area contributed by atoms with E-state index in [9.17, 15) is 0 Å². The molecule has 4 nitrogen and oxygen atoms in total. The Hall–Kier alpha value is -0.580. The van der Waals surface area contributed by atoms with Crippen LogP contribution in [0.1, 0.15) is 31.4 Å². The molecule has 0 saturated carbocycles. The lowest BCUT2D eigenvalue weighted by Crippen LogP contribution is -2.35. The van der Waals surface area contributed by atoms with Gasteiger partial charge < -0.3 is 5.32 Å². The van der Waals surface area contributed by atoms with Crippen molar-refractivity contribution in [1.29, 1.82) is 0 Å². The summed E-state index contributed by atoms with van der Waals surface area (Å²) < 4.78 is 1.88. The van der Waals surface area contributed by atoms with Crippen molar-refractivity contribution in [2.45, 2.75) is 25.8 Å². The Kier molecular flexibility index (Phi) is 6.12. The van der Waals surface area contributed by atoms with Crippen LogP contribution in [0, 0.1) is 5.92 Å². The van der Waals surface area contributed by atoms with Gasteiger partial charge in [0.05, 0.1) is 6.20 Å². The first-order valence-electron chi connectivity index (χ1n) is 6.56. The van der Waals surface area contributed by atoms with Crippen molar-refractivity contribution in [3.63, 3.8) is 0 Å². The molecular formula is C13H25ClN4. The van der Waals surface area contributed by atoms with E-state index < -0.39 is 0 Å². The van der Waals surface area contributed by atoms with E-state index in [1.165, 1.54) is 38.0 Å². The molecule has 18 heavy (non-hydrogen) atoms. The fourth-order valence-electron chi connectivity index (χ4n) is 2.54. The van der Waals surface area contributed by atoms with Crippen molar-refractivity contribution < 1.29 is 0 Å². The van der Waals surface area contributed by atoms with Gasteiger partial charge in [0.15, 0.2) is 0 Å². The number of hydrogen-bond acceptors (Lipinski definition) is 3. The van der Waals surface area contributed by atoms with E-state index >= 15 is 0 Å². The fourth-order valence-corrected chi connectivity index (χ4v) is 2.54. The van der Waals surface area contributed by atoms with Gasteiger partial charge in [0.1, 0.15) is 0 Å². The van der Waals surface area contributed by atoms with E-state index in [-0.39, 0.29) is 12.4 Å². The molecule has 0 aromatic carbocycles. The molecule has 0 radical (unpaired) electrons. The quantitative estimate of drug-likeness (QED) is 0.908. The molecule has 0 aliphatic carbocycles. The average molecular weight is 273 g/mol. The number of aryl methyl sites for hydroxylation is 1. The molecule has 104 valence electrons. The minimum atomic E-state index is 0. The highest BCUT2D eigenvalue weighted by atomic mass is 35.5. The lowest BCUT2D eigenvalue weighted by atomic mass is 9.97. The molecule has 2 rings (SSSR count). The first kappa shape index (κ1) is 15.5. The van der Waals surface area contributed by atoms with E-state index in [0.717, 1.165) is 5.92 Å². The third-order valence-corrected chi connectivity index (χ3v) is 3.87. The minimum Gasteiger partial charge on any atom is -0.317 e. The summed E-state index contributed by atoms with van der Waals surface area (Å²) in [5.41, 5.74) is 1.31. The van der Waals surface area contributed by atoms with E-state index in [1.54, 1.807) is 0 Å². The Balaban J connectivity index is 0.00000162. The second-order valence-electron chi connectivity index (χ2n) is 5.26. The Morgan fingerprint density at radius 1 is 1.50 bits per heavy atom. The molecular weight excluding hydrogens is 248 g/mol. The van der Waals surface area contributed by atoms with Gasteiger partial charge in [-0.05, 0) is 45.8 Å². The molecule has 1 aromatic heterocycles. The zero-order chi connectivity index (χ0) is 12.3. The van der Waals surface area contributed by atoms with Crippen molar-refractivity contribution in [3.05, 3.63) is 18.0 Å². The third-order valence-electron chi connectivity index (χ3n) is 3.87. The lowest BCUT2D eigenvalue weighted by Gasteiger charge is -2.30. The molecule has 1 aliphatic rings. The van der Waals surface area contributed by atoms with Crippen LogP contribution in [-0.4, -0.2) is 41.4 Å². The summed E-state index contributed by atoms with van der Waals surface area (Å²) in [7, 11) is 4.20. The molecule has 5 heteroatoms. The molecule has 1 N–H and O–H groups in total. The largest absolute Gasteiger partial charge is 0.317 e. The molecule has 1 atom stereocenters. The van der Waals surface area contributed by atoms with Crippen molar-refractivity contribution in [1.82, 2.24) is 20.0 Å². The van der Waals surface area contributed by atoms with Gasteiger partial charge in [-0.1, -0.05) is 0 Å². The number of rotatable bonds is 4. The van der Waals surface area contributed by atoms with Gasteiger partial charge in [-0.3, -0.25) is 9.58 Å². The number of nitrogens with one attached hydrogen (secondary N) is 1. The topological polar surface area (TPSA) is 33.1 Å². The maximum absolute atomic E-state index is 4.25. The van der Waals surface area contributed by atoms with Gasteiger partial charge in [0.25, 0.3) is 0 Å². The van der Waals surface area contributed by atoms with E-state index in [1.807, 2.05) is 17.9 Å². The second-order valence-corrected chi connectivity index (χ2v) is 5.26. The highest BCUT2D eigenvalue weighted by Crippen LogP contribution is 2.21. The van der Waals surface area contributed by atoms with Crippen LogP contribution in [0.4, 0.5) is 0 Å². The van der Waals surface area contributed by atoms with Crippen molar-refractivity contribution in [3.8, 4) is 0 Å². The summed E-state index contributed by atoms with van der Waals surface area (Å²) in [5, 5.41) is 7.67. The summed E-state index contributed by atoms with van der Waals surface area (Å²) in [6.45, 7) is 5.81. The third kappa shape index (κ3) is 3.97. The number of aromatic nitrogens is 2. The van der Waals surface area contributed by atoms with Crippen LogP contribution in [0.2, 0.25) is 0 Å². The van der Waals surface area contributed by atoms with Crippen LogP contribution in [0.15, 0.2) is 12.4 Å². The van der Waals surface area contributed by atoms with Crippen molar-refractivity contribution in [2.24, 2.45) is 13.0 Å². The molecule has 1 aliphatic heterocycles. The van der Waals surface area contributed by atoms with Gasteiger partial charge in [-0.25, -0.2) is 0 Å². The highest BCUT2D eigenvalue weighted by Gasteiger charge is 2.19. The van der Waals surface area contributed by atoms with Crippen LogP contribution in [0.5, 0.6) is 0 Å². The average Bonchev–Trinajstić information content (AvgIpc) is 2.76. The summed E-state index contributed by atoms with van der Waals surface area (Å²) in [5.74, 6) is 0.848. The summed E-state index contributed by atoms with van der Waals surface area (Å²) in [4.78, 5) is 2.45. The monoisotopic (exact) mass is 272 g/mol. The first-order chi connectivity index (χ1) is 8.16. The van der Waals surface area contributed by atoms with Gasteiger partial charge in [-0.2, -0.15) is 5.10 Å². The Labute approximate surface area is 116 Å². The van der Waals surface area contributed by atoms with E-state index in [4.69, 9.17) is 0 Å². The van der Waals surface area contributed by atoms with Crippen LogP contribution < -0.4 is 5.32 Å². The van der Waals surface area contributed by atoms with Crippen LogP contribution in [0.25, 0.3) is 0 Å². The molecule has 0 amide bonds. The predicted octanol–water partition coefficient (Wildman–Crippen LogP) is 1.83. The summed E-state index contributed by atoms with van der Waals surface area (Å²) >= 11 is 0. The molecule has 0 spiro atoms. The predicted molar refractivity (Wildman–Crippen MR) is 77.1 cm³/mol. The summed E-state index contributed by atoms with van der Waals surface area (Å²) in [6, 6.07) is 0.457. The first-order valence-corrected chi connectivity index (χ1v) is 6.56. The zero-order valence-corrected chi connectivity index (χ0v) is 12.4. The van der Waals surface area contributed by atoms with Gasteiger partial charge >= 0.3 is 0 Å². The maximum Gasteiger partial charge on any atom is 0.0537 e. The Morgan fingerprint density at radius 2 is 2.17 bits per heavy atom. The normalized spacial score (nSPS) is 18.7. The number of hydrogen-bond donors (Lipinski definition) is 1. The maximum atomic E-state index is 4.25. The summed E-state index contributed by atoms with van der Waals surface area (Å²) in [6.07, 6.45) is 6.71. The molecule has 2 heterocycles. The van der Waals surface area contributed by atoms with Gasteiger partial charge in [0.2, 0.25) is 0 Å². The molecule has 1 unspecified atom stereocenters. The SMILES string of the molecule is CC(c1cnn(C)c1)N(C)CC1CCNCC1.Cl. The number of piperidine rings is 1. The van der Waals surface area contributed by atoms with Crippen LogP contribution >= 0.6 is 12.4 Å². The van der Waals surface area contributed by atoms with E-state index in [2.05, 4.69) is 35.5 Å². The smallest absolute Gasteiger partial charge is 0.0537 e. The molecule has 1 fully saturated rings. The minimum absolute atomic E-state index is 0. The van der Waals surface area contributed by atoms with Gasteiger partial charge in [-0.15, -0.1) is 12.4 Å². The Bertz CT molecular complexity index is 347. The zero-order valence-electron chi connectivity index (χ0n) is 11.6. The highest BCUT2D eigenvalue weighted by molar-refractivity contribution is 5.85. The second kappa shape index (κ2) is 7.12. The standard InChI is InChI=1S/C13H24N4.ClH/c1-11(13-8-15-17(3)10-13)16(2)9-12-4-6-14-7-5-12;/h8,10-12,14H,4-7,9H2,1-3H3;1H. The van der Waals surface area contributed by atoms with Crippen molar-refractivity contribution in [2.75, 3.05) is 26.7 Å². The van der Waals surface area contributed by atoms with E-state index in [0.29, 0.717) is 6.04 Å². The number of nitrogens with zero attached hydrogens (tertiary/aromatic N) is 3. The van der Waals surface area contributed by atoms with Gasteiger partial charge in [0, 0.05) is 31.4 Å². The van der Waals surface area contributed by atoms with Crippen LogP contribution in [-0.2, 0) is 7.05 Å². The number of halogens is 1. The fraction of sp³-hybridized carbons (Fsp3) is 0.769. The molecule has 1 saturated heterocycles. The lowest BCUT2D eigenvalue weighted by molar-refractivity contribution is 0.196. The Morgan fingerprint density at radius 3 is 2.72 bits per heavy atom. The van der Waals surface area contributed by atoms with Crippen molar-refractivity contribution >= 4 is 12.4 Å². The molecule has 0 bridgehead atoms. The van der Waals surface area contributed by atoms with Crippen LogP contribution in [0.3, 0.4) is 0 Å².